The molecule has 2 aromatic rings. The lowest BCUT2D eigenvalue weighted by Crippen LogP contribution is -1.61. The van der Waals surface area contributed by atoms with Crippen LogP contribution in [-0.4, -0.2) is 12.6 Å². The minimum absolute atomic E-state index is 0.792. The Bertz CT molecular complexity index is 415. The lowest BCUT2D eigenvalue weighted by Gasteiger charge is -1.71. The summed E-state index contributed by atoms with van der Waals surface area (Å²) in [6, 6.07) is 7.41. The third kappa shape index (κ3) is 4.18. The van der Waals surface area contributed by atoms with Crippen molar-refractivity contribution in [3.8, 4) is 0 Å². The van der Waals surface area contributed by atoms with Crippen LogP contribution in [0.25, 0.3) is 0 Å². The van der Waals surface area contributed by atoms with E-state index in [0.717, 1.165) is 22.3 Å². The second-order valence-electron chi connectivity index (χ2n) is 2.70. The zero-order valence-electron chi connectivity index (χ0n) is 8.17. The van der Waals surface area contributed by atoms with Crippen LogP contribution in [0, 0.1) is 6.92 Å². The summed E-state index contributed by atoms with van der Waals surface area (Å²) in [5, 5.41) is 1.88. The van der Waals surface area contributed by atoms with Crippen LogP contribution < -0.4 is 0 Å². The van der Waals surface area contributed by atoms with Gasteiger partial charge in [-0.2, -0.15) is 0 Å². The Balaban J connectivity index is 0.000000151. The van der Waals surface area contributed by atoms with Gasteiger partial charge in [0.15, 0.2) is 12.6 Å². The minimum atomic E-state index is 0.792. The maximum Gasteiger partial charge on any atom is 0.160 e. The summed E-state index contributed by atoms with van der Waals surface area (Å²) >= 11 is 2.97. The first-order valence-electron chi connectivity index (χ1n) is 4.26. The van der Waals surface area contributed by atoms with E-state index in [1.807, 2.05) is 30.5 Å². The quantitative estimate of drug-likeness (QED) is 0.751. The van der Waals surface area contributed by atoms with Gasteiger partial charge in [0.2, 0.25) is 0 Å². The van der Waals surface area contributed by atoms with E-state index in [4.69, 9.17) is 0 Å². The number of rotatable bonds is 2. The molecule has 2 heterocycles. The lowest BCUT2D eigenvalue weighted by molar-refractivity contribution is 0.111. The SMILES string of the molecule is Cc1ccc(C=O)s1.O=Cc1cccs1. The van der Waals surface area contributed by atoms with Crippen molar-refractivity contribution >= 4 is 35.2 Å². The summed E-state index contributed by atoms with van der Waals surface area (Å²) in [6.45, 7) is 1.98. The zero-order valence-corrected chi connectivity index (χ0v) is 9.81. The Morgan fingerprint density at radius 3 is 2.07 bits per heavy atom. The molecule has 15 heavy (non-hydrogen) atoms. The topological polar surface area (TPSA) is 34.1 Å². The Labute approximate surface area is 96.2 Å². The maximum absolute atomic E-state index is 10.0. The van der Waals surface area contributed by atoms with E-state index < -0.39 is 0 Å². The van der Waals surface area contributed by atoms with Crippen molar-refractivity contribution in [1.82, 2.24) is 0 Å². The normalized spacial score (nSPS) is 8.87. The van der Waals surface area contributed by atoms with Crippen molar-refractivity contribution in [3.05, 3.63) is 44.3 Å². The van der Waals surface area contributed by atoms with Crippen molar-refractivity contribution in [2.24, 2.45) is 0 Å². The molecule has 0 unspecified atom stereocenters. The molecule has 0 N–H and O–H groups in total. The summed E-state index contributed by atoms with van der Waals surface area (Å²) in [5.74, 6) is 0. The predicted molar refractivity (Wildman–Crippen MR) is 64.2 cm³/mol. The van der Waals surface area contributed by atoms with Crippen LogP contribution in [0.15, 0.2) is 29.6 Å². The number of hydrogen-bond donors (Lipinski definition) is 0. The minimum Gasteiger partial charge on any atom is -0.297 e. The first-order valence-corrected chi connectivity index (χ1v) is 5.96. The van der Waals surface area contributed by atoms with Crippen LogP contribution in [-0.2, 0) is 0 Å². The number of aldehydes is 2. The van der Waals surface area contributed by atoms with Crippen LogP contribution in [0.3, 0.4) is 0 Å². The Kier molecular flexibility index (Phi) is 4.93. The predicted octanol–water partition coefficient (Wildman–Crippen LogP) is 3.43. The number of thiophene rings is 2. The smallest absolute Gasteiger partial charge is 0.160 e. The van der Waals surface area contributed by atoms with E-state index in [0.29, 0.717) is 0 Å². The zero-order chi connectivity index (χ0) is 11.1. The van der Waals surface area contributed by atoms with Crippen LogP contribution in [0.5, 0.6) is 0 Å². The third-order valence-corrected chi connectivity index (χ3v) is 3.26. The van der Waals surface area contributed by atoms with Crippen LogP contribution in [0.4, 0.5) is 0 Å². The molecule has 0 aliphatic rings. The van der Waals surface area contributed by atoms with E-state index >= 15 is 0 Å². The van der Waals surface area contributed by atoms with Gasteiger partial charge in [0.25, 0.3) is 0 Å². The van der Waals surface area contributed by atoms with Gasteiger partial charge < -0.3 is 0 Å². The molecule has 4 heteroatoms. The van der Waals surface area contributed by atoms with E-state index in [1.54, 1.807) is 6.07 Å². The average Bonchev–Trinajstić information content (AvgIpc) is 2.88. The molecular formula is C11H10O2S2. The summed E-state index contributed by atoms with van der Waals surface area (Å²) in [4.78, 5) is 22.7. The highest BCUT2D eigenvalue weighted by molar-refractivity contribution is 7.13. The second-order valence-corrected chi connectivity index (χ2v) is 5.00. The van der Waals surface area contributed by atoms with Gasteiger partial charge in [-0.1, -0.05) is 6.07 Å². The molecule has 2 nitrogen and oxygen atoms in total. The lowest BCUT2D eigenvalue weighted by atomic mass is 10.5. The fourth-order valence-electron chi connectivity index (χ4n) is 0.875. The Morgan fingerprint density at radius 2 is 1.80 bits per heavy atom. The van der Waals surface area contributed by atoms with Gasteiger partial charge in [0.1, 0.15) is 0 Å². The molecule has 0 aliphatic carbocycles. The Morgan fingerprint density at radius 1 is 1.07 bits per heavy atom. The van der Waals surface area contributed by atoms with Gasteiger partial charge in [0, 0.05) is 4.88 Å². The molecule has 0 aliphatic heterocycles. The molecule has 0 saturated carbocycles. The number of carbonyl (C=O) groups is 2. The molecule has 0 amide bonds. The molecule has 0 saturated heterocycles. The summed E-state index contributed by atoms with van der Waals surface area (Å²) in [6.07, 6.45) is 1.72. The van der Waals surface area contributed by atoms with Crippen molar-refractivity contribution < 1.29 is 9.59 Å². The monoisotopic (exact) mass is 238 g/mol. The van der Waals surface area contributed by atoms with Crippen LogP contribution >= 0.6 is 22.7 Å². The molecule has 0 aromatic carbocycles. The largest absolute Gasteiger partial charge is 0.297 e. The van der Waals surface area contributed by atoms with E-state index in [-0.39, 0.29) is 0 Å². The Hall–Kier alpha value is -1.26. The molecule has 0 spiro atoms. The molecular weight excluding hydrogens is 228 g/mol. The van der Waals surface area contributed by atoms with Crippen molar-refractivity contribution in [2.75, 3.05) is 0 Å². The molecule has 2 rings (SSSR count). The van der Waals surface area contributed by atoms with Crippen LogP contribution in [0.1, 0.15) is 24.2 Å². The molecule has 0 fully saturated rings. The summed E-state index contributed by atoms with van der Waals surface area (Å²) in [7, 11) is 0. The fourth-order valence-corrected chi connectivity index (χ4v) is 2.09. The number of hydrogen-bond acceptors (Lipinski definition) is 4. The van der Waals surface area contributed by atoms with Gasteiger partial charge in [-0.15, -0.1) is 22.7 Å². The van der Waals surface area contributed by atoms with Gasteiger partial charge in [-0.25, -0.2) is 0 Å². The van der Waals surface area contributed by atoms with Crippen molar-refractivity contribution in [2.45, 2.75) is 6.92 Å². The average molecular weight is 238 g/mol. The summed E-state index contributed by atoms with van der Waals surface area (Å²) in [5.41, 5.74) is 0. The third-order valence-electron chi connectivity index (χ3n) is 1.54. The molecule has 2 aromatic heterocycles. The second kappa shape index (κ2) is 6.27. The van der Waals surface area contributed by atoms with Gasteiger partial charge in [0.05, 0.1) is 9.75 Å². The molecule has 0 radical (unpaired) electrons. The molecule has 78 valence electrons. The highest BCUT2D eigenvalue weighted by Crippen LogP contribution is 2.11. The molecule has 0 bridgehead atoms. The van der Waals surface area contributed by atoms with E-state index in [1.165, 1.54) is 27.6 Å². The molecule has 0 atom stereocenters. The van der Waals surface area contributed by atoms with Gasteiger partial charge in [-0.3, -0.25) is 9.59 Å². The first kappa shape index (κ1) is 11.8. The fraction of sp³-hybridized carbons (Fsp3) is 0.0909. The van der Waals surface area contributed by atoms with Gasteiger partial charge in [-0.05, 0) is 30.5 Å². The number of carbonyl (C=O) groups excluding carboxylic acids is 2. The van der Waals surface area contributed by atoms with E-state index in [9.17, 15) is 9.59 Å². The highest BCUT2D eigenvalue weighted by Gasteiger charge is 1.90. The van der Waals surface area contributed by atoms with Gasteiger partial charge >= 0.3 is 0 Å². The van der Waals surface area contributed by atoms with Crippen LogP contribution in [0.2, 0.25) is 0 Å². The summed E-state index contributed by atoms with van der Waals surface area (Å²) < 4.78 is 0. The standard InChI is InChI=1S/C6H6OS.C5H4OS/c1-5-2-3-6(4-7)8-5;6-4-5-2-1-3-7-5/h2-4H,1H3;1-4H. The van der Waals surface area contributed by atoms with Crippen molar-refractivity contribution in [1.29, 1.82) is 0 Å². The van der Waals surface area contributed by atoms with E-state index in [2.05, 4.69) is 0 Å². The maximum atomic E-state index is 10.0. The number of aryl methyl sites for hydroxylation is 1. The van der Waals surface area contributed by atoms with Crippen molar-refractivity contribution in [3.63, 3.8) is 0 Å². The first-order chi connectivity index (χ1) is 7.26. The highest BCUT2D eigenvalue weighted by atomic mass is 32.1.